The second-order valence-electron chi connectivity index (χ2n) is 3.92. The van der Waals surface area contributed by atoms with Gasteiger partial charge in [0, 0.05) is 6.08 Å². The third-order valence-corrected chi connectivity index (χ3v) is 2.71. The molecule has 19 heavy (non-hydrogen) atoms. The fourth-order valence-electron chi connectivity index (χ4n) is 1.73. The van der Waals surface area contributed by atoms with E-state index in [0.29, 0.717) is 0 Å². The molecule has 0 atom stereocenters. The van der Waals surface area contributed by atoms with E-state index < -0.39 is 5.97 Å². The first-order valence-electron chi connectivity index (χ1n) is 5.72. The Labute approximate surface area is 110 Å². The smallest absolute Gasteiger partial charge is 0.421 e. The number of carbonyl (C=O) groups excluding carboxylic acids is 1. The number of fused-ring (bicyclic) bond motifs is 1. The van der Waals surface area contributed by atoms with Gasteiger partial charge in [0.25, 0.3) is 0 Å². The number of rotatable bonds is 3. The number of ether oxygens (including phenoxy) is 1. The van der Waals surface area contributed by atoms with Crippen LogP contribution in [0.3, 0.4) is 0 Å². The molecular formula is C15H12N2O2. The van der Waals surface area contributed by atoms with Gasteiger partial charge in [0.1, 0.15) is 0 Å². The van der Waals surface area contributed by atoms with Crippen molar-refractivity contribution < 1.29 is 14.3 Å². The summed E-state index contributed by atoms with van der Waals surface area (Å²) in [4.78, 5) is 14.1. The lowest BCUT2D eigenvalue weighted by Crippen LogP contribution is -2.13. The third-order valence-electron chi connectivity index (χ3n) is 2.71. The molecule has 0 fully saturated rings. The zero-order valence-electron chi connectivity index (χ0n) is 10.4. The Kier molecular flexibility index (Phi) is 3.86. The second kappa shape index (κ2) is 5.76. The molecule has 0 heterocycles. The zero-order chi connectivity index (χ0) is 13.7. The van der Waals surface area contributed by atoms with Crippen LogP contribution in [-0.2, 0) is 9.53 Å². The Morgan fingerprint density at radius 2 is 1.95 bits per heavy atom. The van der Waals surface area contributed by atoms with Gasteiger partial charge in [0.2, 0.25) is 0 Å². The number of nitrogens with zero attached hydrogens (tertiary/aromatic N) is 2. The van der Waals surface area contributed by atoms with Crippen LogP contribution in [0.15, 0.2) is 48.5 Å². The van der Waals surface area contributed by atoms with Crippen LogP contribution in [-0.4, -0.2) is 23.6 Å². The fourth-order valence-corrected chi connectivity index (χ4v) is 1.73. The number of benzene rings is 2. The third kappa shape index (κ3) is 2.94. The molecule has 0 unspecified atom stereocenters. The number of esters is 1. The number of hydrogen-bond acceptors (Lipinski definition) is 2. The summed E-state index contributed by atoms with van der Waals surface area (Å²) in [6.07, 6.45) is 3.11. The highest BCUT2D eigenvalue weighted by atomic mass is 16.5. The topological polar surface area (TPSA) is 62.7 Å². The first-order chi connectivity index (χ1) is 9.24. The Bertz CT molecular complexity index is 698. The van der Waals surface area contributed by atoms with E-state index in [0.717, 1.165) is 16.3 Å². The van der Waals surface area contributed by atoms with Gasteiger partial charge in [-0.05, 0) is 28.5 Å². The van der Waals surface area contributed by atoms with Crippen molar-refractivity contribution in [2.75, 3.05) is 7.11 Å². The zero-order valence-corrected chi connectivity index (χ0v) is 10.4. The molecule has 0 amide bonds. The van der Waals surface area contributed by atoms with Gasteiger partial charge in [-0.25, -0.2) is 4.79 Å². The summed E-state index contributed by atoms with van der Waals surface area (Å²) < 4.78 is 4.48. The van der Waals surface area contributed by atoms with Crippen molar-refractivity contribution >= 4 is 28.5 Å². The molecule has 0 N–H and O–H groups in total. The summed E-state index contributed by atoms with van der Waals surface area (Å²) in [6.45, 7) is 0. The van der Waals surface area contributed by atoms with Gasteiger partial charge in [-0.1, -0.05) is 36.4 Å². The van der Waals surface area contributed by atoms with Gasteiger partial charge in [-0.2, -0.15) is 4.79 Å². The molecule has 0 aliphatic heterocycles. The predicted octanol–water partition coefficient (Wildman–Crippen LogP) is 2.70. The van der Waals surface area contributed by atoms with E-state index in [-0.39, 0.29) is 5.71 Å². The van der Waals surface area contributed by atoms with E-state index in [1.807, 2.05) is 42.5 Å². The average Bonchev–Trinajstić information content (AvgIpc) is 2.47. The van der Waals surface area contributed by atoms with Crippen molar-refractivity contribution in [3.63, 3.8) is 0 Å². The Hall–Kier alpha value is -2.71. The summed E-state index contributed by atoms with van der Waals surface area (Å²) in [7, 11) is 1.23. The minimum atomic E-state index is -0.681. The lowest BCUT2D eigenvalue weighted by Gasteiger charge is -1.98. The summed E-state index contributed by atoms with van der Waals surface area (Å²) in [6, 6.07) is 13.9. The minimum Gasteiger partial charge on any atom is -0.460 e. The van der Waals surface area contributed by atoms with Crippen molar-refractivity contribution in [1.82, 2.24) is 0 Å². The van der Waals surface area contributed by atoms with E-state index in [1.54, 1.807) is 6.08 Å². The molecule has 0 aliphatic rings. The van der Waals surface area contributed by atoms with Gasteiger partial charge >= 0.3 is 11.7 Å². The Morgan fingerprint density at radius 1 is 1.21 bits per heavy atom. The van der Waals surface area contributed by atoms with Gasteiger partial charge in [-0.3, -0.25) is 0 Å². The summed E-state index contributed by atoms with van der Waals surface area (Å²) in [5.41, 5.74) is 9.48. The second-order valence-corrected chi connectivity index (χ2v) is 3.92. The highest BCUT2D eigenvalue weighted by molar-refractivity contribution is 6.39. The Morgan fingerprint density at radius 3 is 2.63 bits per heavy atom. The maximum Gasteiger partial charge on any atom is 0.421 e. The first kappa shape index (κ1) is 12.7. The lowest BCUT2D eigenvalue weighted by molar-refractivity contribution is -0.137. The maximum absolute atomic E-state index is 11.2. The van der Waals surface area contributed by atoms with Crippen molar-refractivity contribution in [1.29, 1.82) is 0 Å². The van der Waals surface area contributed by atoms with E-state index in [2.05, 4.69) is 9.53 Å². The van der Waals surface area contributed by atoms with Gasteiger partial charge in [-0.15, -0.1) is 0 Å². The molecular weight excluding hydrogens is 240 g/mol. The van der Waals surface area contributed by atoms with Crippen LogP contribution in [0.4, 0.5) is 0 Å². The van der Waals surface area contributed by atoms with Crippen molar-refractivity contribution in [2.45, 2.75) is 0 Å². The van der Waals surface area contributed by atoms with Crippen molar-refractivity contribution in [2.24, 2.45) is 0 Å². The number of carbonyl (C=O) groups is 1. The molecule has 0 radical (unpaired) electrons. The van der Waals surface area contributed by atoms with Gasteiger partial charge in [0.05, 0.1) is 7.11 Å². The molecule has 0 spiro atoms. The molecule has 4 nitrogen and oxygen atoms in total. The molecule has 2 rings (SSSR count). The first-order valence-corrected chi connectivity index (χ1v) is 5.72. The molecule has 2 aromatic rings. The molecule has 0 bridgehead atoms. The summed E-state index contributed by atoms with van der Waals surface area (Å²) in [5, 5.41) is 2.24. The predicted molar refractivity (Wildman–Crippen MR) is 73.6 cm³/mol. The van der Waals surface area contributed by atoms with E-state index in [4.69, 9.17) is 5.53 Å². The van der Waals surface area contributed by atoms with Crippen molar-refractivity contribution in [3.05, 3.63) is 59.6 Å². The van der Waals surface area contributed by atoms with Crippen molar-refractivity contribution in [3.8, 4) is 0 Å². The molecule has 94 valence electrons. The van der Waals surface area contributed by atoms with Crippen LogP contribution >= 0.6 is 0 Å². The molecule has 2 aromatic carbocycles. The average molecular weight is 252 g/mol. The molecule has 0 aromatic heterocycles. The highest BCUT2D eigenvalue weighted by Crippen LogP contribution is 2.16. The van der Waals surface area contributed by atoms with Crippen LogP contribution in [0.1, 0.15) is 5.56 Å². The molecule has 0 aliphatic carbocycles. The maximum atomic E-state index is 11.2. The van der Waals surface area contributed by atoms with Crippen LogP contribution in [0.2, 0.25) is 0 Å². The van der Waals surface area contributed by atoms with E-state index >= 15 is 0 Å². The van der Waals surface area contributed by atoms with Gasteiger partial charge in [0.15, 0.2) is 0 Å². The summed E-state index contributed by atoms with van der Waals surface area (Å²) in [5.74, 6) is -0.681. The van der Waals surface area contributed by atoms with Crippen LogP contribution in [0.25, 0.3) is 22.4 Å². The fraction of sp³-hybridized carbons (Fsp3) is 0.0667. The SMILES string of the molecule is COC(=O)C(C=Cc1ccc2ccccc2c1)=[N+]=[N-]. The molecule has 0 saturated heterocycles. The van der Waals surface area contributed by atoms with E-state index in [1.165, 1.54) is 13.2 Å². The van der Waals surface area contributed by atoms with Crippen LogP contribution < -0.4 is 0 Å². The minimum absolute atomic E-state index is 0.143. The summed E-state index contributed by atoms with van der Waals surface area (Å²) >= 11 is 0. The standard InChI is InChI=1S/C15H12N2O2/c1-19-15(18)14(17-16)9-7-11-6-8-12-4-2-3-5-13(12)10-11/h2-10H,1H3. The van der Waals surface area contributed by atoms with Crippen LogP contribution in [0.5, 0.6) is 0 Å². The molecule has 0 saturated carbocycles. The number of methoxy groups -OCH3 is 1. The van der Waals surface area contributed by atoms with Gasteiger partial charge < -0.3 is 10.3 Å². The lowest BCUT2D eigenvalue weighted by atomic mass is 10.1. The Balaban J connectivity index is 2.30. The number of hydrogen-bond donors (Lipinski definition) is 0. The normalized spacial score (nSPS) is 10.4. The van der Waals surface area contributed by atoms with Crippen LogP contribution in [0, 0.1) is 0 Å². The monoisotopic (exact) mass is 252 g/mol. The quantitative estimate of drug-likeness (QED) is 0.365. The highest BCUT2D eigenvalue weighted by Gasteiger charge is 2.16. The molecule has 4 heteroatoms. The van der Waals surface area contributed by atoms with E-state index in [9.17, 15) is 4.79 Å². The largest absolute Gasteiger partial charge is 0.460 e.